The zero-order valence-electron chi connectivity index (χ0n) is 21.6. The summed E-state index contributed by atoms with van der Waals surface area (Å²) in [6.07, 6.45) is 9.39. The first-order chi connectivity index (χ1) is 18.7. The molecule has 1 aliphatic heterocycles. The van der Waals surface area contributed by atoms with E-state index in [1.807, 2.05) is 28.3 Å². The number of pyridine rings is 1. The van der Waals surface area contributed by atoms with Gasteiger partial charge in [-0.2, -0.15) is 4.98 Å². The van der Waals surface area contributed by atoms with Gasteiger partial charge in [-0.15, -0.1) is 11.3 Å². The summed E-state index contributed by atoms with van der Waals surface area (Å²) in [5, 5.41) is 6.61. The molecule has 38 heavy (non-hydrogen) atoms. The Morgan fingerprint density at radius 2 is 1.82 bits per heavy atom. The van der Waals surface area contributed by atoms with Gasteiger partial charge in [0.25, 0.3) is 5.56 Å². The molecule has 7 heteroatoms. The summed E-state index contributed by atoms with van der Waals surface area (Å²) in [7, 11) is 0. The van der Waals surface area contributed by atoms with Gasteiger partial charge in [0, 0.05) is 43.0 Å². The van der Waals surface area contributed by atoms with Crippen LogP contribution in [0.2, 0.25) is 0 Å². The Morgan fingerprint density at radius 1 is 1.00 bits per heavy atom. The average Bonchev–Trinajstić information content (AvgIpc) is 3.67. The summed E-state index contributed by atoms with van der Waals surface area (Å²) in [6.45, 7) is 2.80. The molecule has 1 saturated carbocycles. The number of anilines is 1. The lowest BCUT2D eigenvalue weighted by Crippen LogP contribution is -2.43. The molecule has 0 unspecified atom stereocenters. The first-order valence-corrected chi connectivity index (χ1v) is 14.6. The van der Waals surface area contributed by atoms with Crippen LogP contribution in [0.3, 0.4) is 0 Å². The Bertz CT molecular complexity index is 1490. The number of piperidine rings is 1. The van der Waals surface area contributed by atoms with Crippen molar-refractivity contribution in [2.24, 2.45) is 0 Å². The fraction of sp³-hybridized carbons (Fsp3) is 0.387. The third kappa shape index (κ3) is 5.52. The molecule has 6 rings (SSSR count). The lowest BCUT2D eigenvalue weighted by atomic mass is 10.0. The summed E-state index contributed by atoms with van der Waals surface area (Å²) in [5.74, 6) is 7.15. The molecule has 1 aliphatic carbocycles. The molecule has 1 N–H and O–H groups in total. The van der Waals surface area contributed by atoms with Gasteiger partial charge in [0.05, 0.1) is 10.3 Å². The Morgan fingerprint density at radius 3 is 2.58 bits per heavy atom. The molecule has 4 heterocycles. The first kappa shape index (κ1) is 24.8. The van der Waals surface area contributed by atoms with Crippen molar-refractivity contribution in [2.75, 3.05) is 24.5 Å². The number of fused-ring (bicyclic) bond motifs is 1. The summed E-state index contributed by atoms with van der Waals surface area (Å²) in [6, 6.07) is 17.0. The van der Waals surface area contributed by atoms with E-state index >= 15 is 0 Å². The van der Waals surface area contributed by atoms with Crippen LogP contribution in [0.1, 0.15) is 60.6 Å². The molecule has 1 saturated heterocycles. The van der Waals surface area contributed by atoms with Crippen LogP contribution in [-0.2, 0) is 6.42 Å². The number of hydrogen-bond acceptors (Lipinski definition) is 6. The monoisotopic (exact) mass is 523 g/mol. The Labute approximate surface area is 227 Å². The summed E-state index contributed by atoms with van der Waals surface area (Å²) < 4.78 is 1.92. The van der Waals surface area contributed by atoms with Crippen molar-refractivity contribution in [3.63, 3.8) is 0 Å². The maximum atomic E-state index is 13.4. The van der Waals surface area contributed by atoms with Crippen LogP contribution in [0, 0.1) is 11.8 Å². The highest BCUT2D eigenvalue weighted by molar-refractivity contribution is 7.10. The van der Waals surface area contributed by atoms with Crippen LogP contribution in [0.5, 0.6) is 0 Å². The van der Waals surface area contributed by atoms with E-state index < -0.39 is 0 Å². The maximum absolute atomic E-state index is 13.4. The van der Waals surface area contributed by atoms with Crippen molar-refractivity contribution >= 4 is 28.3 Å². The molecule has 0 spiro atoms. The second-order valence-corrected chi connectivity index (χ2v) is 11.2. The van der Waals surface area contributed by atoms with Crippen molar-refractivity contribution in [3.8, 4) is 11.8 Å². The van der Waals surface area contributed by atoms with E-state index in [0.29, 0.717) is 11.6 Å². The molecule has 6 nitrogen and oxygen atoms in total. The molecule has 2 aliphatic rings. The summed E-state index contributed by atoms with van der Waals surface area (Å²) in [4.78, 5) is 26.4. The largest absolute Gasteiger partial charge is 0.341 e. The van der Waals surface area contributed by atoms with Crippen molar-refractivity contribution in [1.29, 1.82) is 0 Å². The zero-order valence-corrected chi connectivity index (χ0v) is 22.4. The lowest BCUT2D eigenvalue weighted by molar-refractivity contribution is 0.415. The third-order valence-electron chi connectivity index (χ3n) is 7.78. The minimum absolute atomic E-state index is 0.00847. The SMILES string of the molecule is O=c1cc(C#Cc2cccs2)c2cnc(N3CCC(NCCc4ccccc4)CC3)nc2n1C1CCCC1. The molecule has 4 aromatic rings. The molecule has 2 fully saturated rings. The van der Waals surface area contributed by atoms with E-state index in [0.717, 1.165) is 86.4 Å². The van der Waals surface area contributed by atoms with Gasteiger partial charge in [-0.05, 0) is 55.7 Å². The quantitative estimate of drug-likeness (QED) is 0.354. The molecule has 1 aromatic carbocycles. The number of aromatic nitrogens is 3. The first-order valence-electron chi connectivity index (χ1n) is 13.7. The number of nitrogens with zero attached hydrogens (tertiary/aromatic N) is 4. The van der Waals surface area contributed by atoms with Crippen LogP contribution in [0.15, 0.2) is 64.9 Å². The Hall–Kier alpha value is -3.47. The van der Waals surface area contributed by atoms with Gasteiger partial charge in [-0.25, -0.2) is 4.98 Å². The highest BCUT2D eigenvalue weighted by Gasteiger charge is 2.24. The molecular weight excluding hydrogens is 490 g/mol. The number of thiophene rings is 1. The van der Waals surface area contributed by atoms with Crippen molar-refractivity contribution in [3.05, 3.63) is 86.5 Å². The molecule has 0 amide bonds. The minimum Gasteiger partial charge on any atom is -0.341 e. The van der Waals surface area contributed by atoms with Gasteiger partial charge in [0.1, 0.15) is 5.65 Å². The molecule has 0 bridgehead atoms. The lowest BCUT2D eigenvalue weighted by Gasteiger charge is -2.32. The zero-order chi connectivity index (χ0) is 25.7. The second-order valence-electron chi connectivity index (χ2n) is 10.3. The fourth-order valence-electron chi connectivity index (χ4n) is 5.71. The standard InChI is InChI=1S/C31H33N5OS/c37-29-21-24(12-13-27-11-6-20-38-27)28-22-33-31(34-30(28)36(29)26-9-4-5-10-26)35-18-15-25(16-19-35)32-17-14-23-7-2-1-3-8-23/h1-3,6-8,11,20-22,25-26,32H,4-5,9-10,14-19H2. The normalized spacial score (nSPS) is 16.6. The van der Waals surface area contributed by atoms with E-state index in [9.17, 15) is 4.79 Å². The number of benzene rings is 1. The highest BCUT2D eigenvalue weighted by atomic mass is 32.1. The molecule has 0 atom stereocenters. The molecule has 0 radical (unpaired) electrons. The predicted molar refractivity (Wildman–Crippen MR) is 155 cm³/mol. The van der Waals surface area contributed by atoms with Gasteiger partial charge in [0.2, 0.25) is 5.95 Å². The summed E-state index contributed by atoms with van der Waals surface area (Å²) in [5.41, 5.74) is 2.80. The van der Waals surface area contributed by atoms with E-state index in [4.69, 9.17) is 9.97 Å². The van der Waals surface area contributed by atoms with Crippen LogP contribution in [0.25, 0.3) is 11.0 Å². The van der Waals surface area contributed by atoms with Gasteiger partial charge in [-0.3, -0.25) is 9.36 Å². The van der Waals surface area contributed by atoms with Crippen LogP contribution in [0.4, 0.5) is 5.95 Å². The molecule has 194 valence electrons. The number of nitrogens with one attached hydrogen (secondary N) is 1. The highest BCUT2D eigenvalue weighted by Crippen LogP contribution is 2.31. The molecule has 3 aromatic heterocycles. The summed E-state index contributed by atoms with van der Waals surface area (Å²) >= 11 is 1.60. The second kappa shape index (κ2) is 11.5. The van der Waals surface area contributed by atoms with E-state index in [1.165, 1.54) is 5.56 Å². The smallest absolute Gasteiger partial charge is 0.253 e. The minimum atomic E-state index is -0.00847. The van der Waals surface area contributed by atoms with E-state index in [-0.39, 0.29) is 11.6 Å². The van der Waals surface area contributed by atoms with Crippen molar-refractivity contribution < 1.29 is 0 Å². The third-order valence-corrected chi connectivity index (χ3v) is 8.56. The van der Waals surface area contributed by atoms with Gasteiger partial charge >= 0.3 is 0 Å². The number of hydrogen-bond donors (Lipinski definition) is 1. The maximum Gasteiger partial charge on any atom is 0.253 e. The van der Waals surface area contributed by atoms with E-state index in [2.05, 4.69) is 52.4 Å². The van der Waals surface area contributed by atoms with Crippen LogP contribution >= 0.6 is 11.3 Å². The fourth-order valence-corrected chi connectivity index (χ4v) is 6.28. The Balaban J connectivity index is 1.22. The van der Waals surface area contributed by atoms with Crippen LogP contribution in [-0.4, -0.2) is 40.2 Å². The topological polar surface area (TPSA) is 63.1 Å². The van der Waals surface area contributed by atoms with Gasteiger partial charge < -0.3 is 10.2 Å². The molecular formula is C31H33N5OS. The van der Waals surface area contributed by atoms with E-state index in [1.54, 1.807) is 17.4 Å². The predicted octanol–water partition coefficient (Wildman–Crippen LogP) is 5.17. The van der Waals surface area contributed by atoms with Crippen LogP contribution < -0.4 is 15.8 Å². The Kier molecular flexibility index (Phi) is 7.52. The average molecular weight is 524 g/mol. The van der Waals surface area contributed by atoms with Gasteiger partial charge in [0.15, 0.2) is 0 Å². The number of rotatable bonds is 6. The van der Waals surface area contributed by atoms with Gasteiger partial charge in [-0.1, -0.05) is 61.1 Å². The van der Waals surface area contributed by atoms with Crippen molar-refractivity contribution in [1.82, 2.24) is 19.9 Å². The van der Waals surface area contributed by atoms with Crippen molar-refractivity contribution in [2.45, 2.75) is 57.0 Å².